The normalized spacial score (nSPS) is 12.1. The van der Waals surface area contributed by atoms with Gasteiger partial charge in [0.15, 0.2) is 0 Å². The van der Waals surface area contributed by atoms with Crippen molar-refractivity contribution in [2.45, 2.75) is 58.5 Å². The maximum absolute atomic E-state index is 14.3. The van der Waals surface area contributed by atoms with Gasteiger partial charge in [0.05, 0.1) is 17.7 Å². The fourth-order valence-corrected chi connectivity index (χ4v) is 6.11. The fourth-order valence-electron chi connectivity index (χ4n) is 4.50. The molecule has 0 aliphatic heterocycles. The van der Waals surface area contributed by atoms with Gasteiger partial charge >= 0.3 is 0 Å². The molecule has 8 nitrogen and oxygen atoms in total. The molecule has 42 heavy (non-hydrogen) atoms. The number of hydrogen-bond acceptors (Lipinski definition) is 5. The van der Waals surface area contributed by atoms with Gasteiger partial charge in [0.25, 0.3) is 10.0 Å². The quantitative estimate of drug-likeness (QED) is 0.265. The zero-order valence-electron chi connectivity index (χ0n) is 25.1. The van der Waals surface area contributed by atoms with E-state index in [2.05, 4.69) is 5.32 Å². The summed E-state index contributed by atoms with van der Waals surface area (Å²) in [5, 5.41) is 3.37. The lowest BCUT2D eigenvalue weighted by molar-refractivity contribution is -0.140. The van der Waals surface area contributed by atoms with E-state index < -0.39 is 28.5 Å². The van der Waals surface area contributed by atoms with Gasteiger partial charge in [0.2, 0.25) is 11.8 Å². The lowest BCUT2D eigenvalue weighted by Gasteiger charge is -2.34. The topological polar surface area (TPSA) is 96.0 Å². The van der Waals surface area contributed by atoms with Crippen molar-refractivity contribution >= 4 is 39.1 Å². The van der Waals surface area contributed by atoms with Gasteiger partial charge in [-0.15, -0.1) is 0 Å². The van der Waals surface area contributed by atoms with E-state index in [1.807, 2.05) is 34.6 Å². The number of sulfonamides is 1. The molecule has 3 rings (SSSR count). The molecule has 0 saturated carbocycles. The van der Waals surface area contributed by atoms with E-state index in [0.29, 0.717) is 29.3 Å². The monoisotopic (exact) mass is 613 g/mol. The molecule has 3 aromatic carbocycles. The van der Waals surface area contributed by atoms with Crippen molar-refractivity contribution in [2.24, 2.45) is 5.92 Å². The highest BCUT2D eigenvalue weighted by atomic mass is 35.5. The number of rotatable bonds is 13. The van der Waals surface area contributed by atoms with Gasteiger partial charge in [-0.1, -0.05) is 74.3 Å². The number of nitrogens with one attached hydrogen (secondary N) is 1. The van der Waals surface area contributed by atoms with Gasteiger partial charge in [-0.05, 0) is 67.6 Å². The van der Waals surface area contributed by atoms with Crippen molar-refractivity contribution in [3.05, 3.63) is 88.4 Å². The van der Waals surface area contributed by atoms with Crippen molar-refractivity contribution in [3.8, 4) is 5.75 Å². The highest BCUT2D eigenvalue weighted by Gasteiger charge is 2.35. The first kappa shape index (κ1) is 32.9. The summed E-state index contributed by atoms with van der Waals surface area (Å²) in [5.41, 5.74) is 2.55. The Balaban J connectivity index is 2.13. The van der Waals surface area contributed by atoms with E-state index >= 15 is 0 Å². The number of carbonyl (C=O) groups is 2. The number of ether oxygens (including phenoxy) is 1. The lowest BCUT2D eigenvalue weighted by atomic mass is 10.1. The summed E-state index contributed by atoms with van der Waals surface area (Å²) in [6.45, 7) is 9.38. The molecule has 1 N–H and O–H groups in total. The van der Waals surface area contributed by atoms with Gasteiger partial charge in [-0.2, -0.15) is 0 Å². The molecule has 0 aliphatic rings. The SMILES string of the molecule is CC[C@H](C(=O)NCC(C)C)N(Cc1ccccc1Cl)C(=O)CN(c1cc(C)ccc1OC)S(=O)(=O)c1ccc(C)cc1. The van der Waals surface area contributed by atoms with E-state index in [-0.39, 0.29) is 29.0 Å². The summed E-state index contributed by atoms with van der Waals surface area (Å²) in [4.78, 5) is 29.1. The van der Waals surface area contributed by atoms with E-state index in [1.54, 1.807) is 54.6 Å². The van der Waals surface area contributed by atoms with Crippen LogP contribution in [-0.2, 0) is 26.2 Å². The van der Waals surface area contributed by atoms with Gasteiger partial charge in [0.1, 0.15) is 18.3 Å². The zero-order chi connectivity index (χ0) is 31.0. The van der Waals surface area contributed by atoms with Crippen LogP contribution in [0.5, 0.6) is 5.75 Å². The summed E-state index contributed by atoms with van der Waals surface area (Å²) >= 11 is 6.47. The molecule has 3 aromatic rings. The molecule has 0 bridgehead atoms. The number of nitrogens with zero attached hydrogens (tertiary/aromatic N) is 2. The minimum atomic E-state index is -4.22. The molecule has 226 valence electrons. The fraction of sp³-hybridized carbons (Fsp3) is 0.375. The Labute approximate surface area is 254 Å². The first-order valence-electron chi connectivity index (χ1n) is 13.9. The van der Waals surface area contributed by atoms with Crippen LogP contribution in [0.15, 0.2) is 71.6 Å². The number of aryl methyl sites for hydroxylation is 2. The number of benzene rings is 3. The van der Waals surface area contributed by atoms with Crippen molar-refractivity contribution in [1.82, 2.24) is 10.2 Å². The third-order valence-corrected chi connectivity index (χ3v) is 9.00. The van der Waals surface area contributed by atoms with Crippen molar-refractivity contribution < 1.29 is 22.7 Å². The van der Waals surface area contributed by atoms with Crippen LogP contribution < -0.4 is 14.4 Å². The van der Waals surface area contributed by atoms with E-state index in [1.165, 1.54) is 24.1 Å². The van der Waals surface area contributed by atoms with Crippen LogP contribution in [0, 0.1) is 19.8 Å². The lowest BCUT2D eigenvalue weighted by Crippen LogP contribution is -2.52. The van der Waals surface area contributed by atoms with Crippen LogP contribution >= 0.6 is 11.6 Å². The van der Waals surface area contributed by atoms with Crippen molar-refractivity contribution in [3.63, 3.8) is 0 Å². The Morgan fingerprint density at radius 2 is 1.62 bits per heavy atom. The number of hydrogen-bond donors (Lipinski definition) is 1. The van der Waals surface area contributed by atoms with Crippen LogP contribution in [0.1, 0.15) is 43.9 Å². The largest absolute Gasteiger partial charge is 0.495 e. The highest BCUT2D eigenvalue weighted by molar-refractivity contribution is 7.92. The van der Waals surface area contributed by atoms with Crippen LogP contribution in [-0.4, -0.2) is 51.4 Å². The second-order valence-corrected chi connectivity index (χ2v) is 12.9. The number of halogens is 1. The average Bonchev–Trinajstić information content (AvgIpc) is 2.95. The molecule has 0 unspecified atom stereocenters. The molecular formula is C32H40ClN3O5S. The summed E-state index contributed by atoms with van der Waals surface area (Å²) < 4.78 is 34.9. The maximum atomic E-state index is 14.3. The number of carbonyl (C=O) groups excluding carboxylic acids is 2. The average molecular weight is 614 g/mol. The number of methoxy groups -OCH3 is 1. The Morgan fingerprint density at radius 1 is 0.976 bits per heavy atom. The van der Waals surface area contributed by atoms with Crippen LogP contribution in [0.25, 0.3) is 0 Å². The van der Waals surface area contributed by atoms with Gasteiger partial charge in [-0.25, -0.2) is 8.42 Å². The van der Waals surface area contributed by atoms with E-state index in [4.69, 9.17) is 16.3 Å². The molecule has 10 heteroatoms. The van der Waals surface area contributed by atoms with Crippen LogP contribution in [0.4, 0.5) is 5.69 Å². The second-order valence-electron chi connectivity index (χ2n) is 10.7. The smallest absolute Gasteiger partial charge is 0.264 e. The molecule has 2 amide bonds. The summed E-state index contributed by atoms with van der Waals surface area (Å²) in [6, 6.07) is 17.8. The third kappa shape index (κ3) is 8.04. The molecule has 1 atom stereocenters. The third-order valence-electron chi connectivity index (χ3n) is 6.86. The molecule has 0 aromatic heterocycles. The maximum Gasteiger partial charge on any atom is 0.264 e. The van der Waals surface area contributed by atoms with Crippen molar-refractivity contribution in [2.75, 3.05) is 24.5 Å². The Morgan fingerprint density at radius 3 is 2.21 bits per heavy atom. The second kappa shape index (κ2) is 14.6. The Bertz CT molecular complexity index is 1490. The standard InChI is InChI=1S/C32H40ClN3O5S/c1-7-28(32(38)34-19-22(2)3)35(20-25-10-8-9-11-27(25)33)31(37)21-36(29-18-24(5)14-17-30(29)41-6)42(39,40)26-15-12-23(4)13-16-26/h8-18,22,28H,7,19-21H2,1-6H3,(H,34,38)/t28-/m1/s1. The van der Waals surface area contributed by atoms with Crippen molar-refractivity contribution in [1.29, 1.82) is 0 Å². The van der Waals surface area contributed by atoms with Gasteiger partial charge in [0, 0.05) is 18.1 Å². The predicted molar refractivity (Wildman–Crippen MR) is 167 cm³/mol. The Kier molecular flexibility index (Phi) is 11.4. The molecule has 0 spiro atoms. The Hall–Kier alpha value is -3.56. The van der Waals surface area contributed by atoms with Gasteiger partial charge < -0.3 is 15.0 Å². The molecule has 0 saturated heterocycles. The molecule has 0 fully saturated rings. The molecule has 0 radical (unpaired) electrons. The van der Waals surface area contributed by atoms with E-state index in [9.17, 15) is 18.0 Å². The van der Waals surface area contributed by atoms with Crippen LogP contribution in [0.3, 0.4) is 0 Å². The molecule has 0 heterocycles. The predicted octanol–water partition coefficient (Wildman–Crippen LogP) is 5.74. The minimum Gasteiger partial charge on any atom is -0.495 e. The summed E-state index contributed by atoms with van der Waals surface area (Å²) in [7, 11) is -2.78. The highest BCUT2D eigenvalue weighted by Crippen LogP contribution is 2.34. The molecule has 0 aliphatic carbocycles. The number of anilines is 1. The van der Waals surface area contributed by atoms with Crippen LogP contribution in [0.2, 0.25) is 5.02 Å². The van der Waals surface area contributed by atoms with E-state index in [0.717, 1.165) is 15.4 Å². The number of amides is 2. The molecular weight excluding hydrogens is 574 g/mol. The summed E-state index contributed by atoms with van der Waals surface area (Å²) in [5.74, 6) is -0.361. The first-order chi connectivity index (χ1) is 19.9. The van der Waals surface area contributed by atoms with Gasteiger partial charge in [-0.3, -0.25) is 13.9 Å². The minimum absolute atomic E-state index is 0.0233. The zero-order valence-corrected chi connectivity index (χ0v) is 26.6. The summed E-state index contributed by atoms with van der Waals surface area (Å²) in [6.07, 6.45) is 0.318. The first-order valence-corrected chi connectivity index (χ1v) is 15.7.